The van der Waals surface area contributed by atoms with Crippen LogP contribution in [0.3, 0.4) is 0 Å². The second-order valence-electron chi connectivity index (χ2n) is 5.11. The average molecular weight is 292 g/mol. The molecule has 0 saturated carbocycles. The van der Waals surface area contributed by atoms with E-state index in [1.165, 1.54) is 11.6 Å². The summed E-state index contributed by atoms with van der Waals surface area (Å²) in [6.07, 6.45) is 1.60. The first-order chi connectivity index (χ1) is 9.61. The average Bonchev–Trinajstić information content (AvgIpc) is 2.91. The molecule has 0 spiro atoms. The highest BCUT2D eigenvalue weighted by atomic mass is 32.1. The number of hydrogen-bond donors (Lipinski definition) is 1. The summed E-state index contributed by atoms with van der Waals surface area (Å²) >= 11 is 1.66. The van der Waals surface area contributed by atoms with Crippen molar-refractivity contribution in [3.63, 3.8) is 0 Å². The van der Waals surface area contributed by atoms with Crippen molar-refractivity contribution in [3.05, 3.63) is 52.0 Å². The normalized spacial score (nSPS) is 12.4. The van der Waals surface area contributed by atoms with Gasteiger partial charge < -0.3 is 10.6 Å². The van der Waals surface area contributed by atoms with Gasteiger partial charge in [0.1, 0.15) is 5.82 Å². The molecule has 2 aromatic rings. The first kappa shape index (κ1) is 15.0. The van der Waals surface area contributed by atoms with Crippen LogP contribution in [0, 0.1) is 5.82 Å². The van der Waals surface area contributed by atoms with Crippen molar-refractivity contribution in [2.45, 2.75) is 32.4 Å². The van der Waals surface area contributed by atoms with Crippen molar-refractivity contribution in [2.75, 3.05) is 11.9 Å². The lowest BCUT2D eigenvalue weighted by Crippen LogP contribution is -2.25. The molecule has 1 aromatic carbocycles. The molecule has 0 amide bonds. The van der Waals surface area contributed by atoms with Crippen molar-refractivity contribution in [1.29, 1.82) is 0 Å². The van der Waals surface area contributed by atoms with Crippen molar-refractivity contribution in [1.82, 2.24) is 0 Å². The first-order valence-electron chi connectivity index (χ1n) is 6.87. The fourth-order valence-corrected chi connectivity index (χ4v) is 2.97. The maximum absolute atomic E-state index is 14.2. The Bertz CT molecular complexity index is 539. The number of anilines is 1. The maximum atomic E-state index is 14.2. The van der Waals surface area contributed by atoms with Gasteiger partial charge in [0.2, 0.25) is 0 Å². The second-order valence-corrected chi connectivity index (χ2v) is 5.89. The van der Waals surface area contributed by atoms with E-state index < -0.39 is 0 Å². The Morgan fingerprint density at radius 1 is 1.35 bits per heavy atom. The molecule has 0 radical (unpaired) electrons. The van der Waals surface area contributed by atoms with E-state index in [0.717, 1.165) is 12.0 Å². The molecule has 4 heteroatoms. The molecule has 2 rings (SSSR count). The van der Waals surface area contributed by atoms with Gasteiger partial charge in [-0.3, -0.25) is 0 Å². The summed E-state index contributed by atoms with van der Waals surface area (Å²) in [4.78, 5) is 1.97. The minimum atomic E-state index is -0.177. The molecule has 1 heterocycles. The van der Waals surface area contributed by atoms with E-state index in [0.29, 0.717) is 18.7 Å². The van der Waals surface area contributed by atoms with E-state index in [-0.39, 0.29) is 11.9 Å². The fraction of sp³-hybridized carbons (Fsp3) is 0.375. The van der Waals surface area contributed by atoms with Crippen LogP contribution in [0.1, 0.15) is 24.5 Å². The molecular weight excluding hydrogens is 271 g/mol. The minimum Gasteiger partial charge on any atom is -0.368 e. The summed E-state index contributed by atoms with van der Waals surface area (Å²) in [7, 11) is 1.93. The summed E-state index contributed by atoms with van der Waals surface area (Å²) < 4.78 is 14.2. The van der Waals surface area contributed by atoms with Crippen LogP contribution in [0.25, 0.3) is 0 Å². The van der Waals surface area contributed by atoms with Crippen LogP contribution < -0.4 is 10.6 Å². The number of thiophene rings is 1. The molecule has 0 aliphatic heterocycles. The van der Waals surface area contributed by atoms with E-state index >= 15 is 0 Å². The summed E-state index contributed by atoms with van der Waals surface area (Å²) in [6.45, 7) is 2.76. The van der Waals surface area contributed by atoms with Gasteiger partial charge in [0.05, 0.1) is 5.69 Å². The number of rotatable bonds is 6. The third-order valence-corrected chi connectivity index (χ3v) is 4.19. The SMILES string of the molecule is CCC(N)Cc1cccc(F)c1N(C)Cc1ccsc1. The highest BCUT2D eigenvalue weighted by Crippen LogP contribution is 2.26. The Hall–Kier alpha value is -1.39. The Morgan fingerprint density at radius 2 is 2.15 bits per heavy atom. The van der Waals surface area contributed by atoms with Crippen LogP contribution in [0.4, 0.5) is 10.1 Å². The summed E-state index contributed by atoms with van der Waals surface area (Å²) in [5, 5.41) is 4.13. The number of nitrogens with zero attached hydrogens (tertiary/aromatic N) is 1. The molecule has 0 fully saturated rings. The van der Waals surface area contributed by atoms with E-state index in [1.807, 2.05) is 23.4 Å². The zero-order valence-corrected chi connectivity index (χ0v) is 12.8. The van der Waals surface area contributed by atoms with Crippen LogP contribution >= 0.6 is 11.3 Å². The summed E-state index contributed by atoms with van der Waals surface area (Å²) in [6, 6.07) is 7.39. The molecule has 0 bridgehead atoms. The number of para-hydroxylation sites is 1. The molecular formula is C16H21FN2S. The molecule has 1 aromatic heterocycles. The molecule has 0 aliphatic carbocycles. The lowest BCUT2D eigenvalue weighted by Gasteiger charge is -2.24. The van der Waals surface area contributed by atoms with Crippen molar-refractivity contribution >= 4 is 17.0 Å². The number of benzene rings is 1. The van der Waals surface area contributed by atoms with E-state index in [1.54, 1.807) is 17.4 Å². The fourth-order valence-electron chi connectivity index (χ4n) is 2.31. The molecule has 1 unspecified atom stereocenters. The highest BCUT2D eigenvalue weighted by molar-refractivity contribution is 7.07. The molecule has 0 saturated heterocycles. The van der Waals surface area contributed by atoms with Crippen molar-refractivity contribution in [2.24, 2.45) is 5.73 Å². The predicted octanol–water partition coefficient (Wildman–Crippen LogP) is 3.80. The van der Waals surface area contributed by atoms with E-state index in [2.05, 4.69) is 18.4 Å². The minimum absolute atomic E-state index is 0.0742. The third kappa shape index (κ3) is 3.58. The number of hydrogen-bond acceptors (Lipinski definition) is 3. The van der Waals surface area contributed by atoms with E-state index in [4.69, 9.17) is 5.73 Å². The lowest BCUT2D eigenvalue weighted by molar-refractivity contribution is 0.609. The smallest absolute Gasteiger partial charge is 0.146 e. The summed E-state index contributed by atoms with van der Waals surface area (Å²) in [5.74, 6) is -0.177. The molecule has 1 atom stereocenters. The largest absolute Gasteiger partial charge is 0.368 e. The van der Waals surface area contributed by atoms with E-state index in [9.17, 15) is 4.39 Å². The number of halogens is 1. The molecule has 2 nitrogen and oxygen atoms in total. The summed E-state index contributed by atoms with van der Waals surface area (Å²) in [5.41, 5.74) is 8.87. The van der Waals surface area contributed by atoms with Gasteiger partial charge in [-0.2, -0.15) is 11.3 Å². The maximum Gasteiger partial charge on any atom is 0.146 e. The van der Waals surface area contributed by atoms with Gasteiger partial charge in [0.15, 0.2) is 0 Å². The Balaban J connectivity index is 2.24. The van der Waals surface area contributed by atoms with Gasteiger partial charge in [0, 0.05) is 19.6 Å². The monoisotopic (exact) mass is 292 g/mol. The van der Waals surface area contributed by atoms with Crippen LogP contribution in [0.2, 0.25) is 0 Å². The van der Waals surface area contributed by atoms with Crippen LogP contribution in [-0.4, -0.2) is 13.1 Å². The Morgan fingerprint density at radius 3 is 2.80 bits per heavy atom. The zero-order valence-electron chi connectivity index (χ0n) is 12.0. The van der Waals surface area contributed by atoms with Crippen molar-refractivity contribution in [3.8, 4) is 0 Å². The second kappa shape index (κ2) is 6.86. The molecule has 2 N–H and O–H groups in total. The van der Waals surface area contributed by atoms with Gasteiger partial charge in [-0.15, -0.1) is 0 Å². The lowest BCUT2D eigenvalue weighted by atomic mass is 10.0. The molecule has 108 valence electrons. The van der Waals surface area contributed by atoms with Gasteiger partial charge in [-0.1, -0.05) is 19.1 Å². The first-order valence-corrected chi connectivity index (χ1v) is 7.81. The highest BCUT2D eigenvalue weighted by Gasteiger charge is 2.15. The predicted molar refractivity (Wildman–Crippen MR) is 84.8 cm³/mol. The standard InChI is InChI=1S/C16H21FN2S/c1-3-14(18)9-13-5-4-6-15(17)16(13)19(2)10-12-7-8-20-11-12/h4-8,11,14H,3,9-10,18H2,1-2H3. The number of nitrogens with two attached hydrogens (primary N) is 1. The van der Waals surface area contributed by atoms with Crippen molar-refractivity contribution < 1.29 is 4.39 Å². The van der Waals surface area contributed by atoms with Gasteiger partial charge in [-0.25, -0.2) is 4.39 Å². The van der Waals surface area contributed by atoms with Crippen LogP contribution in [0.5, 0.6) is 0 Å². The quantitative estimate of drug-likeness (QED) is 0.877. The van der Waals surface area contributed by atoms with Crippen LogP contribution in [-0.2, 0) is 13.0 Å². The van der Waals surface area contributed by atoms with Gasteiger partial charge in [-0.05, 0) is 46.9 Å². The van der Waals surface area contributed by atoms with Gasteiger partial charge >= 0.3 is 0 Å². The topological polar surface area (TPSA) is 29.3 Å². The zero-order chi connectivity index (χ0) is 14.5. The van der Waals surface area contributed by atoms with Gasteiger partial charge in [0.25, 0.3) is 0 Å². The Labute approximate surface area is 124 Å². The molecule has 20 heavy (non-hydrogen) atoms. The molecule has 0 aliphatic rings. The van der Waals surface area contributed by atoms with Crippen LogP contribution in [0.15, 0.2) is 35.0 Å². The Kier molecular flexibility index (Phi) is 5.15. The third-order valence-electron chi connectivity index (χ3n) is 3.46.